The lowest BCUT2D eigenvalue weighted by Gasteiger charge is -2.11. The maximum Gasteiger partial charge on any atom is 0.290 e. The molecule has 0 atom stereocenters. The molecule has 4 nitrogen and oxygen atoms in total. The van der Waals surface area contributed by atoms with E-state index in [-0.39, 0.29) is 28.9 Å². The third-order valence-corrected chi connectivity index (χ3v) is 3.58. The first-order valence-corrected chi connectivity index (χ1v) is 7.29. The van der Waals surface area contributed by atoms with Gasteiger partial charge in [0.05, 0.1) is 12.7 Å². The number of halogens is 2. The van der Waals surface area contributed by atoms with Crippen LogP contribution in [0.2, 0.25) is 0 Å². The van der Waals surface area contributed by atoms with Crippen molar-refractivity contribution in [3.05, 3.63) is 53.7 Å². The second-order valence-corrected chi connectivity index (χ2v) is 5.21. The Balaban J connectivity index is 2.10. The molecule has 0 aliphatic carbocycles. The molecule has 2 rings (SSSR count). The Hall–Kier alpha value is -2.15. The average molecular weight is 324 g/mol. The summed E-state index contributed by atoms with van der Waals surface area (Å²) in [4.78, 5) is 16.0. The predicted molar refractivity (Wildman–Crippen MR) is 80.3 cm³/mol. The van der Waals surface area contributed by atoms with Crippen LogP contribution in [-0.2, 0) is 6.54 Å². The highest BCUT2D eigenvalue weighted by Crippen LogP contribution is 2.26. The maximum atomic E-state index is 12.5. The van der Waals surface area contributed by atoms with Gasteiger partial charge in [-0.15, -0.1) is 0 Å². The normalized spacial score (nSPS) is 10.5. The quantitative estimate of drug-likeness (QED) is 0.828. The van der Waals surface area contributed by atoms with E-state index in [4.69, 9.17) is 4.74 Å². The summed E-state index contributed by atoms with van der Waals surface area (Å²) in [6.45, 7) is 0.233. The second-order valence-electron chi connectivity index (χ2n) is 4.23. The van der Waals surface area contributed by atoms with Gasteiger partial charge in [-0.1, -0.05) is 18.2 Å². The SMILES string of the molecule is COc1ccccc1CNC(=O)c1cccnc1SC(F)F. The van der Waals surface area contributed by atoms with Gasteiger partial charge in [-0.25, -0.2) is 4.98 Å². The Morgan fingerprint density at radius 3 is 2.82 bits per heavy atom. The van der Waals surface area contributed by atoms with Crippen LogP contribution in [0.15, 0.2) is 47.6 Å². The van der Waals surface area contributed by atoms with E-state index in [1.165, 1.54) is 18.3 Å². The van der Waals surface area contributed by atoms with Crippen LogP contribution >= 0.6 is 11.8 Å². The summed E-state index contributed by atoms with van der Waals surface area (Å²) in [6.07, 6.45) is 1.38. The molecule has 7 heteroatoms. The van der Waals surface area contributed by atoms with Gasteiger partial charge in [0.15, 0.2) is 0 Å². The first kappa shape index (κ1) is 16.2. The number of methoxy groups -OCH3 is 1. The van der Waals surface area contributed by atoms with Crippen LogP contribution < -0.4 is 10.1 Å². The number of rotatable bonds is 6. The summed E-state index contributed by atoms with van der Waals surface area (Å²) >= 11 is 0.253. The third-order valence-electron chi connectivity index (χ3n) is 2.85. The number of hydrogen-bond donors (Lipinski definition) is 1. The minimum Gasteiger partial charge on any atom is -0.496 e. The van der Waals surface area contributed by atoms with Gasteiger partial charge in [0, 0.05) is 18.3 Å². The third kappa shape index (κ3) is 4.17. The molecule has 0 aliphatic heterocycles. The fraction of sp³-hybridized carbons (Fsp3) is 0.200. The summed E-state index contributed by atoms with van der Waals surface area (Å²) in [5.41, 5.74) is 0.924. The molecule has 1 N–H and O–H groups in total. The van der Waals surface area contributed by atoms with Gasteiger partial charge in [-0.05, 0) is 30.0 Å². The van der Waals surface area contributed by atoms with E-state index in [1.807, 2.05) is 18.2 Å². The predicted octanol–water partition coefficient (Wildman–Crippen LogP) is 3.33. The number of aromatic nitrogens is 1. The van der Waals surface area contributed by atoms with Gasteiger partial charge in [-0.3, -0.25) is 4.79 Å². The fourth-order valence-corrected chi connectivity index (χ4v) is 2.44. The van der Waals surface area contributed by atoms with Crippen molar-refractivity contribution in [3.63, 3.8) is 0 Å². The lowest BCUT2D eigenvalue weighted by Crippen LogP contribution is -2.24. The molecule has 0 saturated heterocycles. The molecule has 0 spiro atoms. The number of alkyl halides is 2. The van der Waals surface area contributed by atoms with Gasteiger partial charge in [0.2, 0.25) is 0 Å². The monoisotopic (exact) mass is 324 g/mol. The molecule has 1 aromatic heterocycles. The zero-order valence-electron chi connectivity index (χ0n) is 11.8. The molecule has 0 fully saturated rings. The number of hydrogen-bond acceptors (Lipinski definition) is 4. The number of ether oxygens (including phenoxy) is 1. The van der Waals surface area contributed by atoms with Crippen molar-refractivity contribution in [1.29, 1.82) is 0 Å². The Morgan fingerprint density at radius 1 is 1.32 bits per heavy atom. The first-order valence-electron chi connectivity index (χ1n) is 6.41. The number of para-hydroxylation sites is 1. The largest absolute Gasteiger partial charge is 0.496 e. The fourth-order valence-electron chi connectivity index (χ4n) is 1.86. The summed E-state index contributed by atoms with van der Waals surface area (Å²) in [5.74, 6) is -2.44. The van der Waals surface area contributed by atoms with E-state index in [1.54, 1.807) is 13.2 Å². The Kier molecular flexibility index (Phi) is 5.71. The van der Waals surface area contributed by atoms with E-state index in [0.717, 1.165) is 5.56 Å². The van der Waals surface area contributed by atoms with Crippen molar-refractivity contribution >= 4 is 17.7 Å². The van der Waals surface area contributed by atoms with E-state index in [2.05, 4.69) is 10.3 Å². The van der Waals surface area contributed by atoms with Crippen LogP contribution in [0.5, 0.6) is 5.75 Å². The Morgan fingerprint density at radius 2 is 2.09 bits per heavy atom. The van der Waals surface area contributed by atoms with Crippen LogP contribution in [-0.4, -0.2) is 23.8 Å². The van der Waals surface area contributed by atoms with Crippen molar-refractivity contribution in [2.24, 2.45) is 0 Å². The number of amides is 1. The molecule has 0 radical (unpaired) electrons. The molecule has 1 amide bonds. The number of carbonyl (C=O) groups is 1. The Bertz CT molecular complexity index is 653. The molecule has 22 heavy (non-hydrogen) atoms. The van der Waals surface area contributed by atoms with E-state index in [9.17, 15) is 13.6 Å². The molecule has 0 bridgehead atoms. The summed E-state index contributed by atoms with van der Waals surface area (Å²) in [6, 6.07) is 10.2. The van der Waals surface area contributed by atoms with Crippen molar-refractivity contribution in [2.75, 3.05) is 7.11 Å². The topological polar surface area (TPSA) is 51.2 Å². The Labute approximate surface area is 130 Å². The van der Waals surface area contributed by atoms with Crippen molar-refractivity contribution in [2.45, 2.75) is 17.3 Å². The van der Waals surface area contributed by atoms with Crippen molar-refractivity contribution < 1.29 is 18.3 Å². The minimum absolute atomic E-state index is 0.00928. The summed E-state index contributed by atoms with van der Waals surface area (Å²) in [7, 11) is 1.54. The van der Waals surface area contributed by atoms with E-state index < -0.39 is 11.7 Å². The van der Waals surface area contributed by atoms with Crippen LogP contribution in [0.3, 0.4) is 0 Å². The van der Waals surface area contributed by atoms with Gasteiger partial charge in [0.1, 0.15) is 10.8 Å². The van der Waals surface area contributed by atoms with Crippen LogP contribution in [0.4, 0.5) is 8.78 Å². The molecule has 0 unspecified atom stereocenters. The molecule has 2 aromatic rings. The van der Waals surface area contributed by atoms with Crippen LogP contribution in [0, 0.1) is 0 Å². The molecule has 116 valence electrons. The molecular weight excluding hydrogens is 310 g/mol. The smallest absolute Gasteiger partial charge is 0.290 e. The molecular formula is C15H14F2N2O2S. The van der Waals surface area contributed by atoms with Crippen molar-refractivity contribution in [3.8, 4) is 5.75 Å². The van der Waals surface area contributed by atoms with Crippen molar-refractivity contribution in [1.82, 2.24) is 10.3 Å². The summed E-state index contributed by atoms with van der Waals surface area (Å²) < 4.78 is 30.2. The lowest BCUT2D eigenvalue weighted by molar-refractivity contribution is 0.0947. The number of thioether (sulfide) groups is 1. The zero-order valence-corrected chi connectivity index (χ0v) is 12.6. The zero-order chi connectivity index (χ0) is 15.9. The van der Waals surface area contributed by atoms with Gasteiger partial charge in [0.25, 0.3) is 11.7 Å². The first-order chi connectivity index (χ1) is 10.6. The average Bonchev–Trinajstić information content (AvgIpc) is 2.52. The molecule has 0 saturated carbocycles. The maximum absolute atomic E-state index is 12.5. The standard InChI is InChI=1S/C15H14F2N2O2S/c1-21-12-7-3-2-5-10(12)9-19-13(20)11-6-4-8-18-14(11)22-15(16)17/h2-8,15H,9H2,1H3,(H,19,20). The van der Waals surface area contributed by atoms with Gasteiger partial charge in [-0.2, -0.15) is 8.78 Å². The van der Waals surface area contributed by atoms with E-state index >= 15 is 0 Å². The number of pyridine rings is 1. The number of nitrogens with one attached hydrogen (secondary N) is 1. The highest BCUT2D eigenvalue weighted by Gasteiger charge is 2.16. The van der Waals surface area contributed by atoms with Crippen LogP contribution in [0.25, 0.3) is 0 Å². The molecule has 0 aliphatic rings. The van der Waals surface area contributed by atoms with E-state index in [0.29, 0.717) is 5.75 Å². The minimum atomic E-state index is -2.63. The molecule has 1 aromatic carbocycles. The number of benzene rings is 1. The van der Waals surface area contributed by atoms with Gasteiger partial charge >= 0.3 is 0 Å². The van der Waals surface area contributed by atoms with Gasteiger partial charge < -0.3 is 10.1 Å². The highest BCUT2D eigenvalue weighted by atomic mass is 32.2. The number of nitrogens with zero attached hydrogens (tertiary/aromatic N) is 1. The summed E-state index contributed by atoms with van der Waals surface area (Å²) in [5, 5.41) is 2.70. The number of carbonyl (C=O) groups excluding carboxylic acids is 1. The van der Waals surface area contributed by atoms with Crippen LogP contribution in [0.1, 0.15) is 15.9 Å². The highest BCUT2D eigenvalue weighted by molar-refractivity contribution is 7.99. The second kappa shape index (κ2) is 7.74. The lowest BCUT2D eigenvalue weighted by atomic mass is 10.2. The molecule has 1 heterocycles.